The maximum absolute atomic E-state index is 14.0. The van der Waals surface area contributed by atoms with Crippen molar-refractivity contribution in [2.24, 2.45) is 51.6 Å². The second kappa shape index (κ2) is 10.3. The van der Waals surface area contributed by atoms with E-state index in [4.69, 9.17) is 5.73 Å². The van der Waals surface area contributed by atoms with E-state index in [9.17, 15) is 24.0 Å². The molecule has 0 aromatic rings. The number of Topliss-reactive ketones (excluding diaryl/α,β-unsaturated/α-hetero) is 3. The third kappa shape index (κ3) is 6.51. The molecule has 2 saturated carbocycles. The lowest BCUT2D eigenvalue weighted by Crippen LogP contribution is -2.51. The Hall–Kier alpha value is -2.05. The minimum absolute atomic E-state index is 0.0304. The summed E-state index contributed by atoms with van der Waals surface area (Å²) in [6, 6.07) is -0.625. The van der Waals surface area contributed by atoms with Gasteiger partial charge in [-0.15, -0.1) is 0 Å². The zero-order valence-corrected chi connectivity index (χ0v) is 24.2. The van der Waals surface area contributed by atoms with E-state index in [2.05, 4.69) is 13.8 Å². The molecule has 37 heavy (non-hydrogen) atoms. The topological polar surface area (TPSA) is 115 Å². The van der Waals surface area contributed by atoms with Crippen molar-refractivity contribution in [3.8, 4) is 0 Å². The van der Waals surface area contributed by atoms with Gasteiger partial charge in [0.05, 0.1) is 6.04 Å². The Morgan fingerprint density at radius 2 is 1.57 bits per heavy atom. The molecule has 7 nitrogen and oxygen atoms in total. The highest BCUT2D eigenvalue weighted by molar-refractivity contribution is 6.36. The van der Waals surface area contributed by atoms with Crippen molar-refractivity contribution in [1.82, 2.24) is 4.90 Å². The lowest BCUT2D eigenvalue weighted by Gasteiger charge is -2.38. The molecule has 0 aromatic heterocycles. The maximum Gasteiger partial charge on any atom is 0.285 e. The van der Waals surface area contributed by atoms with Gasteiger partial charge < -0.3 is 10.6 Å². The van der Waals surface area contributed by atoms with Gasteiger partial charge in [-0.2, -0.15) is 0 Å². The summed E-state index contributed by atoms with van der Waals surface area (Å²) in [5.74, 6) is -2.58. The van der Waals surface area contributed by atoms with E-state index in [1.807, 2.05) is 41.5 Å². The second-order valence-corrected chi connectivity index (χ2v) is 14.9. The average molecular weight is 517 g/mol. The average Bonchev–Trinajstić information content (AvgIpc) is 3.06. The quantitative estimate of drug-likeness (QED) is 0.410. The summed E-state index contributed by atoms with van der Waals surface area (Å²) in [5.41, 5.74) is 4.66. The van der Waals surface area contributed by atoms with Crippen molar-refractivity contribution in [3.05, 3.63) is 0 Å². The monoisotopic (exact) mass is 516 g/mol. The van der Waals surface area contributed by atoms with Gasteiger partial charge in [-0.05, 0) is 40.4 Å². The van der Waals surface area contributed by atoms with E-state index in [-0.39, 0.29) is 53.0 Å². The Bertz CT molecular complexity index is 950. The number of likely N-dealkylation sites (tertiary alicyclic amines) is 1. The zero-order valence-electron chi connectivity index (χ0n) is 24.2. The van der Waals surface area contributed by atoms with Crippen LogP contribution in [0.2, 0.25) is 0 Å². The molecule has 1 heterocycles. The van der Waals surface area contributed by atoms with E-state index >= 15 is 0 Å². The van der Waals surface area contributed by atoms with Crippen molar-refractivity contribution < 1.29 is 24.0 Å². The van der Waals surface area contributed by atoms with Gasteiger partial charge >= 0.3 is 0 Å². The van der Waals surface area contributed by atoms with Gasteiger partial charge in [0.15, 0.2) is 5.78 Å². The number of primary amides is 1. The fraction of sp³-hybridized carbons (Fsp3) is 0.833. The molecule has 0 aromatic carbocycles. The molecule has 0 radical (unpaired) electrons. The Morgan fingerprint density at radius 1 is 0.973 bits per heavy atom. The van der Waals surface area contributed by atoms with Gasteiger partial charge in [-0.1, -0.05) is 74.7 Å². The van der Waals surface area contributed by atoms with E-state index in [0.717, 1.165) is 19.3 Å². The number of rotatable bonds is 11. The molecular weight excluding hydrogens is 468 g/mol. The Kier molecular flexibility index (Phi) is 8.18. The zero-order chi connectivity index (χ0) is 28.1. The van der Waals surface area contributed by atoms with E-state index in [1.165, 1.54) is 0 Å². The van der Waals surface area contributed by atoms with Crippen LogP contribution >= 0.6 is 0 Å². The lowest BCUT2D eigenvalue weighted by molar-refractivity contribution is -0.148. The van der Waals surface area contributed by atoms with Crippen LogP contribution in [0.5, 0.6) is 0 Å². The fourth-order valence-electron chi connectivity index (χ4n) is 6.72. The highest BCUT2D eigenvalue weighted by Gasteiger charge is 2.69. The first kappa shape index (κ1) is 29.5. The molecule has 5 unspecified atom stereocenters. The van der Waals surface area contributed by atoms with Gasteiger partial charge in [-0.3, -0.25) is 24.0 Å². The molecule has 2 N–H and O–H groups in total. The minimum Gasteiger partial charge on any atom is -0.363 e. The molecule has 2 amide bonds. The first-order valence-electron chi connectivity index (χ1n) is 14.0. The fourth-order valence-corrected chi connectivity index (χ4v) is 6.72. The first-order chi connectivity index (χ1) is 16.8. The standard InChI is InChI=1S/C30H48N2O5/c1-28(2,3)15-19(33)14-20(29(4,5)6)27(37)32-16-21-23(30(21,7)8)24(32)22(34)13-18(25(35)26(31)36)12-17-10-9-11-17/h17-18,20-21,23-24H,9-16H2,1-8H3,(H2,31,36). The Labute approximate surface area is 222 Å². The molecular formula is C30H48N2O5. The Morgan fingerprint density at radius 3 is 2.03 bits per heavy atom. The Balaban J connectivity index is 1.83. The number of nitrogens with two attached hydrogens (primary N) is 1. The third-order valence-corrected chi connectivity index (χ3v) is 9.23. The summed E-state index contributed by atoms with van der Waals surface area (Å²) in [6.07, 6.45) is 4.08. The van der Waals surface area contributed by atoms with Crippen LogP contribution in [0.1, 0.15) is 100 Å². The van der Waals surface area contributed by atoms with Gasteiger partial charge in [0, 0.05) is 37.6 Å². The molecule has 0 bridgehead atoms. The van der Waals surface area contributed by atoms with Crippen LogP contribution in [0.3, 0.4) is 0 Å². The van der Waals surface area contributed by atoms with E-state index in [0.29, 0.717) is 25.3 Å². The normalized spacial score (nSPS) is 26.6. The number of fused-ring (bicyclic) bond motifs is 1. The van der Waals surface area contributed by atoms with Crippen LogP contribution in [0.4, 0.5) is 0 Å². The molecule has 208 valence electrons. The molecule has 5 atom stereocenters. The summed E-state index contributed by atoms with van der Waals surface area (Å²) in [4.78, 5) is 66.9. The first-order valence-corrected chi connectivity index (χ1v) is 14.0. The van der Waals surface area contributed by atoms with Crippen molar-refractivity contribution in [2.75, 3.05) is 6.54 Å². The third-order valence-electron chi connectivity index (χ3n) is 9.23. The molecule has 3 aliphatic rings. The molecule has 0 spiro atoms. The SMILES string of the molecule is CC(C)(C)CC(=O)CC(C(=O)N1CC2C(C1C(=O)CC(CC1CCC1)C(=O)C(N)=O)C2(C)C)C(C)(C)C. The molecule has 7 heteroatoms. The predicted molar refractivity (Wildman–Crippen MR) is 142 cm³/mol. The second-order valence-electron chi connectivity index (χ2n) is 14.9. The molecule has 2 aliphatic carbocycles. The van der Waals surface area contributed by atoms with Gasteiger partial charge in [-0.25, -0.2) is 0 Å². The molecule has 1 saturated heterocycles. The van der Waals surface area contributed by atoms with Gasteiger partial charge in [0.25, 0.3) is 5.91 Å². The molecule has 1 aliphatic heterocycles. The summed E-state index contributed by atoms with van der Waals surface area (Å²) in [6.45, 7) is 16.7. The predicted octanol–water partition coefficient (Wildman–Crippen LogP) is 4.35. The summed E-state index contributed by atoms with van der Waals surface area (Å²) < 4.78 is 0. The van der Waals surface area contributed by atoms with Gasteiger partial charge in [0.2, 0.25) is 11.7 Å². The van der Waals surface area contributed by atoms with Gasteiger partial charge in [0.1, 0.15) is 5.78 Å². The van der Waals surface area contributed by atoms with Crippen LogP contribution in [0.15, 0.2) is 0 Å². The number of hydrogen-bond donors (Lipinski definition) is 1. The van der Waals surface area contributed by atoms with Crippen molar-refractivity contribution in [2.45, 2.75) is 106 Å². The highest BCUT2D eigenvalue weighted by atomic mass is 16.2. The minimum atomic E-state index is -0.994. The van der Waals surface area contributed by atoms with Crippen LogP contribution in [0, 0.1) is 45.8 Å². The number of ketones is 3. The van der Waals surface area contributed by atoms with Crippen LogP contribution < -0.4 is 5.73 Å². The number of carbonyl (C=O) groups excluding carboxylic acids is 5. The molecule has 3 rings (SSSR count). The van der Waals surface area contributed by atoms with E-state index < -0.39 is 35.0 Å². The number of amides is 2. The number of carbonyl (C=O) groups is 5. The molecule has 3 fully saturated rings. The van der Waals surface area contributed by atoms with Crippen molar-refractivity contribution in [1.29, 1.82) is 0 Å². The van der Waals surface area contributed by atoms with Crippen LogP contribution in [0.25, 0.3) is 0 Å². The summed E-state index contributed by atoms with van der Waals surface area (Å²) in [7, 11) is 0. The summed E-state index contributed by atoms with van der Waals surface area (Å²) in [5, 5.41) is 0. The summed E-state index contributed by atoms with van der Waals surface area (Å²) >= 11 is 0. The van der Waals surface area contributed by atoms with Crippen LogP contribution in [-0.2, 0) is 24.0 Å². The van der Waals surface area contributed by atoms with Crippen molar-refractivity contribution >= 4 is 29.2 Å². The lowest BCUT2D eigenvalue weighted by atomic mass is 9.74. The maximum atomic E-state index is 14.0. The van der Waals surface area contributed by atoms with Crippen molar-refractivity contribution in [3.63, 3.8) is 0 Å². The number of piperidine rings is 1. The smallest absolute Gasteiger partial charge is 0.285 e. The number of nitrogens with zero attached hydrogens (tertiary/aromatic N) is 1. The largest absolute Gasteiger partial charge is 0.363 e. The highest BCUT2D eigenvalue weighted by Crippen LogP contribution is 2.65. The van der Waals surface area contributed by atoms with E-state index in [1.54, 1.807) is 4.90 Å². The van der Waals surface area contributed by atoms with Crippen LogP contribution in [-0.4, -0.2) is 46.7 Å². The number of hydrogen-bond acceptors (Lipinski definition) is 5.